The number of anilines is 2. The number of carbonyl (C=O) groups excluding carboxylic acids is 1. The van der Waals surface area contributed by atoms with E-state index in [0.717, 1.165) is 0 Å². The molecule has 0 aliphatic rings. The lowest BCUT2D eigenvalue weighted by atomic mass is 10.1. The highest BCUT2D eigenvalue weighted by atomic mass is 35.5. The van der Waals surface area contributed by atoms with Crippen LogP contribution in [0.5, 0.6) is 5.75 Å². The average molecular weight is 297 g/mol. The molecule has 0 saturated heterocycles. The molecular formula is C13H10Cl2N2O2. The van der Waals surface area contributed by atoms with Crippen molar-refractivity contribution in [3.05, 3.63) is 52.0 Å². The van der Waals surface area contributed by atoms with Crippen molar-refractivity contribution in [2.75, 3.05) is 11.1 Å². The third-order valence-corrected chi connectivity index (χ3v) is 3.23. The number of benzene rings is 2. The number of phenols is 1. The van der Waals surface area contributed by atoms with Crippen LogP contribution in [-0.2, 0) is 0 Å². The summed E-state index contributed by atoms with van der Waals surface area (Å²) < 4.78 is 0. The van der Waals surface area contributed by atoms with Crippen LogP contribution >= 0.6 is 23.2 Å². The Bertz CT molecular complexity index is 645. The van der Waals surface area contributed by atoms with Crippen LogP contribution in [0.2, 0.25) is 10.0 Å². The number of para-hydroxylation sites is 1. The maximum atomic E-state index is 12.0. The zero-order valence-corrected chi connectivity index (χ0v) is 11.2. The fourth-order valence-corrected chi connectivity index (χ4v) is 1.82. The number of nitrogen functional groups attached to an aromatic ring is 1. The molecule has 0 aromatic heterocycles. The summed E-state index contributed by atoms with van der Waals surface area (Å²) in [5.74, 6) is -0.733. The summed E-state index contributed by atoms with van der Waals surface area (Å²) in [6.45, 7) is 0. The van der Waals surface area contributed by atoms with Gasteiger partial charge in [0.25, 0.3) is 5.91 Å². The normalized spacial score (nSPS) is 10.2. The highest BCUT2D eigenvalue weighted by Crippen LogP contribution is 2.27. The Labute approximate surface area is 119 Å². The lowest BCUT2D eigenvalue weighted by Gasteiger charge is -2.08. The summed E-state index contributed by atoms with van der Waals surface area (Å²) in [5, 5.41) is 13.0. The molecule has 0 radical (unpaired) electrons. The minimum absolute atomic E-state index is 0.0890. The summed E-state index contributed by atoms with van der Waals surface area (Å²) in [6, 6.07) is 9.25. The Morgan fingerprint density at radius 2 is 1.89 bits per heavy atom. The zero-order chi connectivity index (χ0) is 14.0. The summed E-state index contributed by atoms with van der Waals surface area (Å²) >= 11 is 11.6. The van der Waals surface area contributed by atoms with E-state index in [0.29, 0.717) is 15.7 Å². The van der Waals surface area contributed by atoms with Crippen molar-refractivity contribution in [1.82, 2.24) is 0 Å². The second kappa shape index (κ2) is 5.38. The summed E-state index contributed by atoms with van der Waals surface area (Å²) in [5.41, 5.74) is 6.23. The SMILES string of the molecule is Nc1cccc(C(=O)Nc2ccc(Cl)c(Cl)c2)c1O. The lowest BCUT2D eigenvalue weighted by Crippen LogP contribution is -2.12. The summed E-state index contributed by atoms with van der Waals surface area (Å²) in [6.07, 6.45) is 0. The van der Waals surface area contributed by atoms with Gasteiger partial charge >= 0.3 is 0 Å². The van der Waals surface area contributed by atoms with Gasteiger partial charge in [-0.25, -0.2) is 0 Å². The van der Waals surface area contributed by atoms with Gasteiger partial charge in [-0.15, -0.1) is 0 Å². The number of nitrogens with one attached hydrogen (secondary N) is 1. The topological polar surface area (TPSA) is 75.4 Å². The first-order valence-electron chi connectivity index (χ1n) is 5.33. The third-order valence-electron chi connectivity index (χ3n) is 2.49. The molecule has 2 aromatic rings. The van der Waals surface area contributed by atoms with Gasteiger partial charge in [0.05, 0.1) is 21.3 Å². The molecule has 1 amide bonds. The van der Waals surface area contributed by atoms with Gasteiger partial charge in [0, 0.05) is 5.69 Å². The predicted octanol–water partition coefficient (Wildman–Crippen LogP) is 3.53. The molecule has 0 spiro atoms. The van der Waals surface area contributed by atoms with Crippen molar-refractivity contribution < 1.29 is 9.90 Å². The Morgan fingerprint density at radius 3 is 2.58 bits per heavy atom. The van der Waals surface area contributed by atoms with Crippen LogP contribution in [0.4, 0.5) is 11.4 Å². The molecule has 4 N–H and O–H groups in total. The number of nitrogens with two attached hydrogens (primary N) is 1. The maximum absolute atomic E-state index is 12.0. The molecule has 6 heteroatoms. The van der Waals surface area contributed by atoms with Crippen molar-refractivity contribution in [3.8, 4) is 5.75 Å². The minimum Gasteiger partial charge on any atom is -0.505 e. The van der Waals surface area contributed by atoms with Gasteiger partial charge in [0.2, 0.25) is 0 Å². The molecule has 0 bridgehead atoms. The molecule has 0 aliphatic heterocycles. The van der Waals surface area contributed by atoms with Gasteiger partial charge in [0.15, 0.2) is 5.75 Å². The second-order valence-electron chi connectivity index (χ2n) is 3.83. The first-order valence-corrected chi connectivity index (χ1v) is 6.08. The molecule has 0 fully saturated rings. The van der Waals surface area contributed by atoms with E-state index >= 15 is 0 Å². The van der Waals surface area contributed by atoms with Crippen LogP contribution in [0.3, 0.4) is 0 Å². The molecule has 0 aliphatic carbocycles. The van der Waals surface area contributed by atoms with Gasteiger partial charge in [-0.2, -0.15) is 0 Å². The smallest absolute Gasteiger partial charge is 0.259 e. The third kappa shape index (κ3) is 2.92. The van der Waals surface area contributed by atoms with Crippen LogP contribution in [0.15, 0.2) is 36.4 Å². The van der Waals surface area contributed by atoms with Gasteiger partial charge in [-0.1, -0.05) is 29.3 Å². The Morgan fingerprint density at radius 1 is 1.16 bits per heavy atom. The molecule has 0 saturated carbocycles. The fraction of sp³-hybridized carbons (Fsp3) is 0. The molecule has 0 unspecified atom stereocenters. The van der Waals surface area contributed by atoms with Crippen LogP contribution in [-0.4, -0.2) is 11.0 Å². The highest BCUT2D eigenvalue weighted by molar-refractivity contribution is 6.42. The Hall–Kier alpha value is -1.91. The van der Waals surface area contributed by atoms with Crippen molar-refractivity contribution >= 4 is 40.5 Å². The van der Waals surface area contributed by atoms with E-state index in [9.17, 15) is 9.90 Å². The monoisotopic (exact) mass is 296 g/mol. The largest absolute Gasteiger partial charge is 0.505 e. The number of aromatic hydroxyl groups is 1. The number of phenolic OH excluding ortho intramolecular Hbond substituents is 1. The maximum Gasteiger partial charge on any atom is 0.259 e. The minimum atomic E-state index is -0.483. The number of halogens is 2. The zero-order valence-electron chi connectivity index (χ0n) is 9.65. The van der Waals surface area contributed by atoms with Gasteiger partial charge < -0.3 is 16.2 Å². The van der Waals surface area contributed by atoms with E-state index < -0.39 is 5.91 Å². The number of rotatable bonds is 2. The predicted molar refractivity (Wildman–Crippen MR) is 76.9 cm³/mol. The fourth-order valence-electron chi connectivity index (χ4n) is 1.52. The molecule has 0 atom stereocenters. The van der Waals surface area contributed by atoms with Crippen molar-refractivity contribution in [2.45, 2.75) is 0 Å². The number of amides is 1. The van der Waals surface area contributed by atoms with E-state index in [1.165, 1.54) is 18.2 Å². The van der Waals surface area contributed by atoms with Gasteiger partial charge in [-0.05, 0) is 30.3 Å². The van der Waals surface area contributed by atoms with E-state index in [4.69, 9.17) is 28.9 Å². The highest BCUT2D eigenvalue weighted by Gasteiger charge is 2.13. The quantitative estimate of drug-likeness (QED) is 0.586. The average Bonchev–Trinajstić information content (AvgIpc) is 2.37. The number of hydrogen-bond donors (Lipinski definition) is 3. The van der Waals surface area contributed by atoms with Crippen LogP contribution in [0.1, 0.15) is 10.4 Å². The number of carbonyl (C=O) groups is 1. The van der Waals surface area contributed by atoms with Crippen LogP contribution < -0.4 is 11.1 Å². The summed E-state index contributed by atoms with van der Waals surface area (Å²) in [7, 11) is 0. The van der Waals surface area contributed by atoms with Crippen LogP contribution in [0.25, 0.3) is 0 Å². The van der Waals surface area contributed by atoms with E-state index in [-0.39, 0.29) is 17.0 Å². The van der Waals surface area contributed by atoms with E-state index in [1.54, 1.807) is 18.2 Å². The Balaban J connectivity index is 2.26. The molecule has 4 nitrogen and oxygen atoms in total. The second-order valence-corrected chi connectivity index (χ2v) is 4.64. The summed E-state index contributed by atoms with van der Waals surface area (Å²) in [4.78, 5) is 12.0. The van der Waals surface area contributed by atoms with Crippen molar-refractivity contribution in [3.63, 3.8) is 0 Å². The van der Waals surface area contributed by atoms with E-state index in [2.05, 4.69) is 5.32 Å². The standard InChI is InChI=1S/C13H10Cl2N2O2/c14-9-5-4-7(6-10(9)15)17-13(19)8-2-1-3-11(16)12(8)18/h1-6,18H,16H2,(H,17,19). The van der Waals surface area contributed by atoms with Crippen LogP contribution in [0, 0.1) is 0 Å². The number of hydrogen-bond acceptors (Lipinski definition) is 3. The van der Waals surface area contributed by atoms with Gasteiger partial charge in [-0.3, -0.25) is 4.79 Å². The van der Waals surface area contributed by atoms with Gasteiger partial charge in [0.1, 0.15) is 0 Å². The first kappa shape index (κ1) is 13.5. The molecular weight excluding hydrogens is 287 g/mol. The van der Waals surface area contributed by atoms with Crippen molar-refractivity contribution in [2.24, 2.45) is 0 Å². The Kier molecular flexibility index (Phi) is 3.83. The molecule has 98 valence electrons. The first-order chi connectivity index (χ1) is 8.99. The lowest BCUT2D eigenvalue weighted by molar-refractivity contribution is 0.102. The molecule has 0 heterocycles. The molecule has 2 rings (SSSR count). The molecule has 19 heavy (non-hydrogen) atoms. The molecule has 2 aromatic carbocycles. The van der Waals surface area contributed by atoms with E-state index in [1.807, 2.05) is 0 Å². The van der Waals surface area contributed by atoms with Crippen molar-refractivity contribution in [1.29, 1.82) is 0 Å².